The zero-order valence-electron chi connectivity index (χ0n) is 16.8. The fourth-order valence-electron chi connectivity index (χ4n) is 3.65. The number of carbonyl (C=O) groups excluding carboxylic acids is 1. The molecule has 0 radical (unpaired) electrons. The first-order chi connectivity index (χ1) is 14.8. The van der Waals surface area contributed by atoms with Crippen molar-refractivity contribution in [1.82, 2.24) is 9.80 Å². The number of oxime groups is 1. The summed E-state index contributed by atoms with van der Waals surface area (Å²) in [5, 5.41) is 24.3. The molecule has 0 spiro atoms. The smallest absolute Gasteiger partial charge is 0.278 e. The van der Waals surface area contributed by atoms with Crippen LogP contribution in [0, 0.1) is 10.1 Å². The summed E-state index contributed by atoms with van der Waals surface area (Å²) in [6, 6.07) is 13.8. The number of rotatable bonds is 6. The maximum Gasteiger partial charge on any atom is 0.278 e. The maximum absolute atomic E-state index is 12.6. The van der Waals surface area contributed by atoms with E-state index < -0.39 is 22.6 Å². The van der Waals surface area contributed by atoms with E-state index in [1.165, 1.54) is 11.8 Å². The molecule has 2 aromatic carbocycles. The Morgan fingerprint density at radius 1 is 1.00 bits per heavy atom. The van der Waals surface area contributed by atoms with Crippen LogP contribution in [0.4, 0.5) is 0 Å². The lowest BCUT2D eigenvalue weighted by atomic mass is 9.96. The van der Waals surface area contributed by atoms with Crippen molar-refractivity contribution < 1.29 is 14.9 Å². The molecule has 1 saturated heterocycles. The van der Waals surface area contributed by atoms with Gasteiger partial charge in [0.2, 0.25) is 5.71 Å². The molecule has 1 fully saturated rings. The van der Waals surface area contributed by atoms with Crippen molar-refractivity contribution >= 4 is 34.8 Å². The van der Waals surface area contributed by atoms with Gasteiger partial charge < -0.3 is 10.1 Å². The lowest BCUT2D eigenvalue weighted by Gasteiger charge is -2.39. The third kappa shape index (κ3) is 5.33. The standard InChI is InChI=1S/C21H22Cl2N4O4/c1-14(27(30)31)19(24-29)21(28)26-12-10-25(11-13-26)20(15-2-6-17(22)7-3-15)16-4-8-18(23)9-5-16/h2-9,14,20,29H,10-13H2,1H3/b24-19+. The SMILES string of the molecule is CC(/C(=N\O)C(=O)N1CCN(C(c2ccc(Cl)cc2)c2ccc(Cl)cc2)CC1)[N+](=O)[O-]. The molecule has 2 aromatic rings. The second kappa shape index (κ2) is 10.1. The molecule has 8 nitrogen and oxygen atoms in total. The topological polar surface area (TPSA) is 99.3 Å². The van der Waals surface area contributed by atoms with Crippen LogP contribution in [0.25, 0.3) is 0 Å². The first kappa shape index (κ1) is 23.0. The van der Waals surface area contributed by atoms with Crippen LogP contribution in [0.1, 0.15) is 24.1 Å². The predicted molar refractivity (Wildman–Crippen MR) is 119 cm³/mol. The number of nitro groups is 1. The van der Waals surface area contributed by atoms with Crippen molar-refractivity contribution in [3.63, 3.8) is 0 Å². The number of hydrogen-bond donors (Lipinski definition) is 1. The quantitative estimate of drug-likeness (QED) is 0.304. The summed E-state index contributed by atoms with van der Waals surface area (Å²) in [4.78, 5) is 26.7. The highest BCUT2D eigenvalue weighted by molar-refractivity contribution is 6.40. The average molecular weight is 465 g/mol. The fraction of sp³-hybridized carbons (Fsp3) is 0.333. The Morgan fingerprint density at radius 3 is 1.84 bits per heavy atom. The van der Waals surface area contributed by atoms with Crippen LogP contribution in [0.15, 0.2) is 53.7 Å². The molecule has 164 valence electrons. The van der Waals surface area contributed by atoms with E-state index in [2.05, 4.69) is 10.1 Å². The zero-order valence-corrected chi connectivity index (χ0v) is 18.3. The summed E-state index contributed by atoms with van der Waals surface area (Å²) in [5.74, 6) is -0.624. The summed E-state index contributed by atoms with van der Waals surface area (Å²) in [5.41, 5.74) is 1.63. The number of nitrogens with zero attached hydrogens (tertiary/aromatic N) is 4. The molecular weight excluding hydrogens is 443 g/mol. The predicted octanol–water partition coefficient (Wildman–Crippen LogP) is 3.72. The zero-order chi connectivity index (χ0) is 22.5. The largest absolute Gasteiger partial charge is 0.410 e. The van der Waals surface area contributed by atoms with Crippen LogP contribution in [0.2, 0.25) is 10.0 Å². The van der Waals surface area contributed by atoms with E-state index in [1.54, 1.807) is 0 Å². The fourth-order valence-corrected chi connectivity index (χ4v) is 3.91. The highest BCUT2D eigenvalue weighted by Gasteiger charge is 2.35. The number of halogens is 2. The van der Waals surface area contributed by atoms with Crippen molar-refractivity contribution in [2.75, 3.05) is 26.2 Å². The first-order valence-electron chi connectivity index (χ1n) is 9.71. The van der Waals surface area contributed by atoms with Crippen molar-refractivity contribution in [3.8, 4) is 0 Å². The summed E-state index contributed by atoms with van der Waals surface area (Å²) in [6.07, 6.45) is 0. The molecule has 0 aliphatic carbocycles. The molecule has 1 atom stereocenters. The molecule has 0 bridgehead atoms. The van der Waals surface area contributed by atoms with Gasteiger partial charge in [0.1, 0.15) is 0 Å². The van der Waals surface area contributed by atoms with Gasteiger partial charge in [-0.15, -0.1) is 0 Å². The van der Waals surface area contributed by atoms with Gasteiger partial charge in [-0.2, -0.15) is 0 Å². The summed E-state index contributed by atoms with van der Waals surface area (Å²) in [7, 11) is 0. The molecule has 0 saturated carbocycles. The van der Waals surface area contributed by atoms with Gasteiger partial charge in [0.25, 0.3) is 11.9 Å². The van der Waals surface area contributed by atoms with Crippen molar-refractivity contribution in [2.24, 2.45) is 5.16 Å². The lowest BCUT2D eigenvalue weighted by Crippen LogP contribution is -2.53. The number of amides is 1. The van der Waals surface area contributed by atoms with Crippen molar-refractivity contribution in [2.45, 2.75) is 19.0 Å². The minimum absolute atomic E-state index is 0.0736. The Labute approximate surface area is 189 Å². The molecule has 1 heterocycles. The molecule has 1 aliphatic rings. The minimum atomic E-state index is -1.38. The van der Waals surface area contributed by atoms with Crippen molar-refractivity contribution in [1.29, 1.82) is 0 Å². The summed E-state index contributed by atoms with van der Waals surface area (Å²) < 4.78 is 0. The monoisotopic (exact) mass is 464 g/mol. The average Bonchev–Trinajstić information content (AvgIpc) is 2.77. The normalized spacial score (nSPS) is 16.4. The Morgan fingerprint density at radius 2 is 1.45 bits per heavy atom. The van der Waals surface area contributed by atoms with Crippen LogP contribution in [0.3, 0.4) is 0 Å². The van der Waals surface area contributed by atoms with Crippen LogP contribution < -0.4 is 0 Å². The Hall–Kier alpha value is -2.68. The molecule has 31 heavy (non-hydrogen) atoms. The van der Waals surface area contributed by atoms with Gasteiger partial charge in [0.15, 0.2) is 0 Å². The van der Waals surface area contributed by atoms with Gasteiger partial charge in [-0.05, 0) is 35.4 Å². The number of benzene rings is 2. The Bertz CT molecular complexity index is 913. The summed E-state index contributed by atoms with van der Waals surface area (Å²) in [6.45, 7) is 2.99. The van der Waals surface area contributed by atoms with E-state index in [1.807, 2.05) is 48.5 Å². The van der Waals surface area contributed by atoms with Crippen molar-refractivity contribution in [3.05, 3.63) is 79.8 Å². The first-order valence-corrected chi connectivity index (χ1v) is 10.5. The number of piperazine rings is 1. The van der Waals surface area contributed by atoms with E-state index in [9.17, 15) is 14.9 Å². The maximum atomic E-state index is 12.6. The van der Waals surface area contributed by atoms with E-state index in [0.717, 1.165) is 11.1 Å². The van der Waals surface area contributed by atoms with Crippen LogP contribution in [0.5, 0.6) is 0 Å². The molecular formula is C21H22Cl2N4O4. The van der Waals surface area contributed by atoms with Crippen LogP contribution in [-0.4, -0.2) is 63.8 Å². The molecule has 1 unspecified atom stereocenters. The van der Waals surface area contributed by atoms with E-state index in [-0.39, 0.29) is 6.04 Å². The van der Waals surface area contributed by atoms with Gasteiger partial charge in [-0.3, -0.25) is 19.8 Å². The Kier molecular flexibility index (Phi) is 7.48. The second-order valence-electron chi connectivity index (χ2n) is 7.28. The van der Waals surface area contributed by atoms with Gasteiger partial charge >= 0.3 is 0 Å². The molecule has 1 amide bonds. The molecule has 1 aliphatic heterocycles. The molecule has 1 N–H and O–H groups in total. The lowest BCUT2D eigenvalue weighted by molar-refractivity contribution is -0.498. The van der Waals surface area contributed by atoms with Gasteiger partial charge in [-0.1, -0.05) is 52.6 Å². The van der Waals surface area contributed by atoms with Gasteiger partial charge in [0.05, 0.1) is 6.04 Å². The molecule has 0 aromatic heterocycles. The van der Waals surface area contributed by atoms with E-state index in [4.69, 9.17) is 28.4 Å². The number of hydrogen-bond acceptors (Lipinski definition) is 6. The number of carbonyl (C=O) groups is 1. The van der Waals surface area contributed by atoms with Crippen LogP contribution >= 0.6 is 23.2 Å². The van der Waals surface area contributed by atoms with Crippen LogP contribution in [-0.2, 0) is 4.79 Å². The summed E-state index contributed by atoms with van der Waals surface area (Å²) >= 11 is 12.1. The molecule has 10 heteroatoms. The highest BCUT2D eigenvalue weighted by Crippen LogP contribution is 2.31. The third-order valence-electron chi connectivity index (χ3n) is 5.38. The minimum Gasteiger partial charge on any atom is -0.410 e. The Balaban J connectivity index is 1.79. The van der Waals surface area contributed by atoms with Gasteiger partial charge in [-0.25, -0.2) is 0 Å². The molecule has 3 rings (SSSR count). The second-order valence-corrected chi connectivity index (χ2v) is 8.15. The van der Waals surface area contributed by atoms with Gasteiger partial charge in [0, 0.05) is 48.1 Å². The van der Waals surface area contributed by atoms with E-state index >= 15 is 0 Å². The highest BCUT2D eigenvalue weighted by atomic mass is 35.5. The van der Waals surface area contributed by atoms with E-state index in [0.29, 0.717) is 36.2 Å². The third-order valence-corrected chi connectivity index (χ3v) is 5.88.